The van der Waals surface area contributed by atoms with E-state index in [4.69, 9.17) is 4.74 Å². The van der Waals surface area contributed by atoms with Gasteiger partial charge in [-0.2, -0.15) is 10.2 Å². The number of aromatic nitrogens is 4. The van der Waals surface area contributed by atoms with Crippen LogP contribution in [0.4, 0.5) is 0 Å². The van der Waals surface area contributed by atoms with E-state index < -0.39 is 11.8 Å². The maximum absolute atomic E-state index is 12.3. The number of carbonyl (C=O) groups is 2. The van der Waals surface area contributed by atoms with Gasteiger partial charge in [0, 0.05) is 11.8 Å². The van der Waals surface area contributed by atoms with Gasteiger partial charge in [0.05, 0.1) is 31.1 Å². The number of ether oxygens (including phenoxy) is 1. The number of aromatic amines is 1. The fraction of sp³-hybridized carbons (Fsp3) is 0.0909. The molecule has 2 aromatic carbocycles. The van der Waals surface area contributed by atoms with Gasteiger partial charge in [-0.3, -0.25) is 30.2 Å². The van der Waals surface area contributed by atoms with Crippen molar-refractivity contribution in [3.8, 4) is 17.0 Å². The van der Waals surface area contributed by atoms with Crippen LogP contribution in [0.15, 0.2) is 73.1 Å². The van der Waals surface area contributed by atoms with Crippen LogP contribution in [-0.4, -0.2) is 38.9 Å². The summed E-state index contributed by atoms with van der Waals surface area (Å²) in [5.41, 5.74) is 7.79. The molecule has 31 heavy (non-hydrogen) atoms. The average molecular weight is 416 g/mol. The lowest BCUT2D eigenvalue weighted by Gasteiger charge is -2.04. The summed E-state index contributed by atoms with van der Waals surface area (Å²) in [4.78, 5) is 24.7. The maximum Gasteiger partial charge on any atom is 0.287 e. The summed E-state index contributed by atoms with van der Waals surface area (Å²) in [6.07, 6.45) is 3.06. The zero-order valence-corrected chi connectivity index (χ0v) is 16.7. The van der Waals surface area contributed by atoms with E-state index in [0.29, 0.717) is 17.8 Å². The van der Waals surface area contributed by atoms with Crippen molar-refractivity contribution in [3.63, 3.8) is 0 Å². The van der Waals surface area contributed by atoms with E-state index in [0.717, 1.165) is 16.9 Å². The number of hydrazine groups is 1. The van der Waals surface area contributed by atoms with E-state index >= 15 is 0 Å². The Morgan fingerprint density at radius 3 is 2.52 bits per heavy atom. The second kappa shape index (κ2) is 8.95. The third-order valence-corrected chi connectivity index (χ3v) is 4.58. The zero-order chi connectivity index (χ0) is 21.6. The first-order chi connectivity index (χ1) is 15.1. The standard InChI is InChI=1S/C22H20N6O3/c1-31-18-9-7-16(8-10-18)19-11-20(25-24-19)22(30)27-26-21(29)17-12-23-28(14-17)13-15-5-3-2-4-6-15/h2-12,14H,13H2,1H3,(H,24,25)(H,26,29)(H,27,30). The molecule has 0 saturated carbocycles. The second-order valence-electron chi connectivity index (χ2n) is 6.72. The van der Waals surface area contributed by atoms with E-state index in [1.54, 1.807) is 24.1 Å². The minimum absolute atomic E-state index is 0.214. The molecule has 4 aromatic rings. The number of amides is 2. The molecule has 0 saturated heterocycles. The molecule has 2 aromatic heterocycles. The molecular weight excluding hydrogens is 396 g/mol. The topological polar surface area (TPSA) is 114 Å². The van der Waals surface area contributed by atoms with Crippen molar-refractivity contribution in [2.45, 2.75) is 6.54 Å². The van der Waals surface area contributed by atoms with Crippen molar-refractivity contribution in [2.75, 3.05) is 7.11 Å². The molecule has 4 rings (SSSR count). The number of hydrogen-bond donors (Lipinski definition) is 3. The lowest BCUT2D eigenvalue weighted by atomic mass is 10.1. The minimum atomic E-state index is -0.516. The summed E-state index contributed by atoms with van der Waals surface area (Å²) in [5, 5.41) is 11.0. The predicted octanol–water partition coefficient (Wildman–Crippen LogP) is 2.40. The lowest BCUT2D eigenvalue weighted by molar-refractivity contribution is 0.0844. The molecule has 0 atom stereocenters. The highest BCUT2D eigenvalue weighted by molar-refractivity contribution is 5.98. The van der Waals surface area contributed by atoms with Gasteiger partial charge in [-0.15, -0.1) is 0 Å². The van der Waals surface area contributed by atoms with Crippen LogP contribution < -0.4 is 15.6 Å². The van der Waals surface area contributed by atoms with Crippen molar-refractivity contribution >= 4 is 11.8 Å². The molecule has 9 nitrogen and oxygen atoms in total. The highest BCUT2D eigenvalue weighted by Gasteiger charge is 2.14. The van der Waals surface area contributed by atoms with Crippen LogP contribution in [0.1, 0.15) is 26.4 Å². The molecule has 0 aliphatic rings. The van der Waals surface area contributed by atoms with E-state index in [1.807, 2.05) is 54.6 Å². The molecule has 0 aliphatic carbocycles. The Bertz CT molecular complexity index is 1180. The first kappa shape index (κ1) is 19.9. The van der Waals surface area contributed by atoms with Gasteiger partial charge in [0.1, 0.15) is 11.4 Å². The quantitative estimate of drug-likeness (QED) is 0.418. The van der Waals surface area contributed by atoms with Gasteiger partial charge in [-0.1, -0.05) is 30.3 Å². The highest BCUT2D eigenvalue weighted by atomic mass is 16.5. The summed E-state index contributed by atoms with van der Waals surface area (Å²) in [5.74, 6) is -0.258. The fourth-order valence-corrected chi connectivity index (χ4v) is 2.94. The molecule has 9 heteroatoms. The van der Waals surface area contributed by atoms with Gasteiger partial charge < -0.3 is 4.74 Å². The molecule has 2 heterocycles. The molecular formula is C22H20N6O3. The van der Waals surface area contributed by atoms with Crippen molar-refractivity contribution in [1.82, 2.24) is 30.8 Å². The van der Waals surface area contributed by atoms with Gasteiger partial charge in [0.25, 0.3) is 11.8 Å². The van der Waals surface area contributed by atoms with Crippen molar-refractivity contribution in [3.05, 3.63) is 89.9 Å². The van der Waals surface area contributed by atoms with Gasteiger partial charge in [0.15, 0.2) is 0 Å². The van der Waals surface area contributed by atoms with Crippen LogP contribution in [0.3, 0.4) is 0 Å². The number of nitrogens with zero attached hydrogens (tertiary/aromatic N) is 3. The van der Waals surface area contributed by atoms with Crippen molar-refractivity contribution < 1.29 is 14.3 Å². The van der Waals surface area contributed by atoms with Gasteiger partial charge in [-0.05, 0) is 35.9 Å². The Morgan fingerprint density at radius 1 is 1.03 bits per heavy atom. The summed E-state index contributed by atoms with van der Waals surface area (Å²) >= 11 is 0. The Morgan fingerprint density at radius 2 is 1.77 bits per heavy atom. The lowest BCUT2D eigenvalue weighted by Crippen LogP contribution is -2.41. The Balaban J connectivity index is 1.33. The SMILES string of the molecule is COc1ccc(-c2cc(C(=O)NNC(=O)c3cnn(Cc4ccccc4)c3)[nH]n2)cc1. The number of carbonyl (C=O) groups excluding carboxylic acids is 2. The van der Waals surface area contributed by atoms with Gasteiger partial charge >= 0.3 is 0 Å². The first-order valence-electron chi connectivity index (χ1n) is 9.49. The molecule has 3 N–H and O–H groups in total. The van der Waals surface area contributed by atoms with E-state index in [2.05, 4.69) is 26.1 Å². The third-order valence-electron chi connectivity index (χ3n) is 4.58. The van der Waals surface area contributed by atoms with Crippen LogP contribution in [0.25, 0.3) is 11.3 Å². The third kappa shape index (κ3) is 4.78. The molecule has 0 bridgehead atoms. The first-order valence-corrected chi connectivity index (χ1v) is 9.49. The van der Waals surface area contributed by atoms with E-state index in [-0.39, 0.29) is 5.69 Å². The van der Waals surface area contributed by atoms with Crippen molar-refractivity contribution in [1.29, 1.82) is 0 Å². The van der Waals surface area contributed by atoms with Crippen LogP contribution in [0.5, 0.6) is 5.75 Å². The molecule has 0 unspecified atom stereocenters. The number of H-pyrrole nitrogens is 1. The Labute approximate surface area is 178 Å². The fourth-order valence-electron chi connectivity index (χ4n) is 2.94. The van der Waals surface area contributed by atoms with Crippen LogP contribution in [0.2, 0.25) is 0 Å². The molecule has 0 fully saturated rings. The number of hydrogen-bond acceptors (Lipinski definition) is 5. The summed E-state index contributed by atoms with van der Waals surface area (Å²) in [7, 11) is 1.59. The normalized spacial score (nSPS) is 10.5. The van der Waals surface area contributed by atoms with Crippen LogP contribution >= 0.6 is 0 Å². The van der Waals surface area contributed by atoms with Crippen LogP contribution in [0, 0.1) is 0 Å². The number of methoxy groups -OCH3 is 1. The smallest absolute Gasteiger partial charge is 0.287 e. The molecule has 0 aliphatic heterocycles. The Hall–Kier alpha value is -4.40. The maximum atomic E-state index is 12.3. The van der Waals surface area contributed by atoms with E-state index in [1.165, 1.54) is 6.20 Å². The minimum Gasteiger partial charge on any atom is -0.497 e. The monoisotopic (exact) mass is 416 g/mol. The number of rotatable bonds is 6. The summed E-state index contributed by atoms with van der Waals surface area (Å²) in [6.45, 7) is 0.544. The summed E-state index contributed by atoms with van der Waals surface area (Å²) < 4.78 is 6.79. The molecule has 0 spiro atoms. The predicted molar refractivity (Wildman–Crippen MR) is 113 cm³/mol. The number of benzene rings is 2. The summed E-state index contributed by atoms with van der Waals surface area (Å²) in [6, 6.07) is 18.7. The zero-order valence-electron chi connectivity index (χ0n) is 16.7. The molecule has 0 radical (unpaired) electrons. The highest BCUT2D eigenvalue weighted by Crippen LogP contribution is 2.21. The van der Waals surface area contributed by atoms with Crippen LogP contribution in [-0.2, 0) is 6.54 Å². The largest absolute Gasteiger partial charge is 0.497 e. The number of nitrogens with one attached hydrogen (secondary N) is 3. The second-order valence-corrected chi connectivity index (χ2v) is 6.72. The average Bonchev–Trinajstić information content (AvgIpc) is 3.48. The Kier molecular flexibility index (Phi) is 5.75. The van der Waals surface area contributed by atoms with Crippen molar-refractivity contribution in [2.24, 2.45) is 0 Å². The van der Waals surface area contributed by atoms with Gasteiger partial charge in [-0.25, -0.2) is 0 Å². The van der Waals surface area contributed by atoms with E-state index in [9.17, 15) is 9.59 Å². The molecule has 2 amide bonds. The molecule has 156 valence electrons. The van der Waals surface area contributed by atoms with Gasteiger partial charge in [0.2, 0.25) is 0 Å².